The average molecular weight is 341 g/mol. The minimum Gasteiger partial charge on any atom is -0.452 e. The molecule has 1 fully saturated rings. The van der Waals surface area contributed by atoms with E-state index in [1.807, 2.05) is 0 Å². The molecule has 0 spiro atoms. The topological polar surface area (TPSA) is 89.8 Å². The zero-order chi connectivity index (χ0) is 17.0. The minimum absolute atomic E-state index is 0.179. The van der Waals surface area contributed by atoms with Crippen molar-refractivity contribution in [3.63, 3.8) is 0 Å². The zero-order valence-corrected chi connectivity index (χ0v) is 13.4. The molecule has 7 nitrogen and oxygen atoms in total. The average Bonchev–Trinajstić information content (AvgIpc) is 2.51. The van der Waals surface area contributed by atoms with Gasteiger partial charge in [0.25, 0.3) is 11.6 Å². The molecule has 1 aromatic carbocycles. The summed E-state index contributed by atoms with van der Waals surface area (Å²) in [6.45, 7) is 2.89. The Bertz CT molecular complexity index is 634. The molecule has 1 aliphatic rings. The van der Waals surface area contributed by atoms with Gasteiger partial charge < -0.3 is 9.64 Å². The van der Waals surface area contributed by atoms with Crippen molar-refractivity contribution in [3.05, 3.63) is 38.9 Å². The van der Waals surface area contributed by atoms with E-state index >= 15 is 0 Å². The molecule has 124 valence electrons. The molecule has 1 amide bonds. The van der Waals surface area contributed by atoms with Crippen LogP contribution in [0.25, 0.3) is 0 Å². The second-order valence-electron chi connectivity index (χ2n) is 5.58. The summed E-state index contributed by atoms with van der Waals surface area (Å²) < 4.78 is 4.93. The second kappa shape index (κ2) is 7.41. The van der Waals surface area contributed by atoms with Gasteiger partial charge in [-0.05, 0) is 30.9 Å². The molecule has 0 N–H and O–H groups in total. The van der Waals surface area contributed by atoms with Crippen LogP contribution in [0, 0.1) is 16.0 Å². The first-order valence-corrected chi connectivity index (χ1v) is 7.65. The number of amides is 1. The summed E-state index contributed by atoms with van der Waals surface area (Å²) in [6.07, 6.45) is 1.99. The molecule has 1 atom stereocenters. The molecule has 23 heavy (non-hydrogen) atoms. The number of carbonyl (C=O) groups is 2. The van der Waals surface area contributed by atoms with E-state index in [1.54, 1.807) is 4.90 Å². The lowest BCUT2D eigenvalue weighted by Crippen LogP contribution is -2.41. The van der Waals surface area contributed by atoms with Crippen LogP contribution in [0.15, 0.2) is 18.2 Å². The third-order valence-electron chi connectivity index (χ3n) is 3.71. The van der Waals surface area contributed by atoms with Crippen molar-refractivity contribution in [1.29, 1.82) is 0 Å². The van der Waals surface area contributed by atoms with Gasteiger partial charge in [-0.3, -0.25) is 14.9 Å². The van der Waals surface area contributed by atoms with Crippen LogP contribution in [-0.4, -0.2) is 41.4 Å². The molecule has 0 aliphatic carbocycles. The van der Waals surface area contributed by atoms with E-state index in [1.165, 1.54) is 6.07 Å². The number of nitrogens with zero attached hydrogens (tertiary/aromatic N) is 2. The van der Waals surface area contributed by atoms with Gasteiger partial charge in [0.05, 0.1) is 4.92 Å². The number of halogens is 1. The van der Waals surface area contributed by atoms with Crippen molar-refractivity contribution in [2.75, 3.05) is 19.7 Å². The summed E-state index contributed by atoms with van der Waals surface area (Å²) in [5.41, 5.74) is -0.666. The Morgan fingerprint density at radius 1 is 1.48 bits per heavy atom. The van der Waals surface area contributed by atoms with Crippen molar-refractivity contribution in [1.82, 2.24) is 4.90 Å². The van der Waals surface area contributed by atoms with Crippen LogP contribution in [0.3, 0.4) is 0 Å². The molecule has 1 aromatic rings. The Morgan fingerprint density at radius 2 is 2.22 bits per heavy atom. The summed E-state index contributed by atoms with van der Waals surface area (Å²) in [7, 11) is 0. The number of carbonyl (C=O) groups excluding carboxylic acids is 2. The van der Waals surface area contributed by atoms with Crippen molar-refractivity contribution < 1.29 is 19.2 Å². The Labute approximate surface area is 138 Å². The fourth-order valence-corrected chi connectivity index (χ4v) is 2.72. The molecule has 2 rings (SSSR count). The molecule has 0 radical (unpaired) electrons. The number of piperidine rings is 1. The van der Waals surface area contributed by atoms with Crippen LogP contribution in [0.4, 0.5) is 5.69 Å². The maximum absolute atomic E-state index is 12.1. The smallest absolute Gasteiger partial charge is 0.345 e. The third kappa shape index (κ3) is 4.41. The molecular weight excluding hydrogens is 324 g/mol. The quantitative estimate of drug-likeness (QED) is 0.477. The summed E-state index contributed by atoms with van der Waals surface area (Å²) in [5, 5.41) is 11.1. The second-order valence-corrected chi connectivity index (χ2v) is 6.02. The highest BCUT2D eigenvalue weighted by molar-refractivity contribution is 6.31. The van der Waals surface area contributed by atoms with Crippen LogP contribution >= 0.6 is 11.6 Å². The van der Waals surface area contributed by atoms with Gasteiger partial charge in [0, 0.05) is 24.2 Å². The number of ether oxygens (including phenoxy) is 1. The number of nitro groups is 1. The molecular formula is C15H17ClN2O5. The first-order valence-electron chi connectivity index (χ1n) is 7.27. The van der Waals surface area contributed by atoms with Gasteiger partial charge in [-0.2, -0.15) is 0 Å². The number of hydrogen-bond acceptors (Lipinski definition) is 5. The van der Waals surface area contributed by atoms with Gasteiger partial charge in [-0.15, -0.1) is 0 Å². The van der Waals surface area contributed by atoms with Crippen LogP contribution < -0.4 is 0 Å². The van der Waals surface area contributed by atoms with Gasteiger partial charge in [0.15, 0.2) is 6.61 Å². The highest BCUT2D eigenvalue weighted by Crippen LogP contribution is 2.23. The number of likely N-dealkylation sites (tertiary alicyclic amines) is 1. The zero-order valence-electron chi connectivity index (χ0n) is 12.7. The number of rotatable bonds is 4. The van der Waals surface area contributed by atoms with Gasteiger partial charge in [0.2, 0.25) is 0 Å². The van der Waals surface area contributed by atoms with E-state index in [0.29, 0.717) is 19.0 Å². The van der Waals surface area contributed by atoms with Crippen LogP contribution in [0.1, 0.15) is 30.1 Å². The number of hydrogen-bond donors (Lipinski definition) is 0. The SMILES string of the molecule is C[C@H]1CCCN(C(=O)COC(=O)c2cc(Cl)ccc2[N+](=O)[O-])C1. The summed E-state index contributed by atoms with van der Waals surface area (Å²) >= 11 is 5.76. The monoisotopic (exact) mass is 340 g/mol. The fourth-order valence-electron chi connectivity index (χ4n) is 2.54. The van der Waals surface area contributed by atoms with E-state index in [9.17, 15) is 19.7 Å². The van der Waals surface area contributed by atoms with Gasteiger partial charge in [0.1, 0.15) is 5.56 Å². The van der Waals surface area contributed by atoms with Crippen LogP contribution in [0.5, 0.6) is 0 Å². The Balaban J connectivity index is 2.01. The number of benzene rings is 1. The highest BCUT2D eigenvalue weighted by Gasteiger charge is 2.25. The van der Waals surface area contributed by atoms with E-state index < -0.39 is 23.2 Å². The predicted molar refractivity (Wildman–Crippen MR) is 83.4 cm³/mol. The summed E-state index contributed by atoms with van der Waals surface area (Å²) in [4.78, 5) is 36.0. The Hall–Kier alpha value is -2.15. The molecule has 1 saturated heterocycles. The number of esters is 1. The van der Waals surface area contributed by atoms with Crippen molar-refractivity contribution in [2.45, 2.75) is 19.8 Å². The minimum atomic E-state index is -0.933. The van der Waals surface area contributed by atoms with E-state index in [0.717, 1.165) is 25.0 Å². The molecule has 0 saturated carbocycles. The maximum atomic E-state index is 12.1. The van der Waals surface area contributed by atoms with Crippen LogP contribution in [-0.2, 0) is 9.53 Å². The Kier molecular flexibility index (Phi) is 5.54. The summed E-state index contributed by atoms with van der Waals surface area (Å²) in [5.74, 6) is -0.815. The summed E-state index contributed by atoms with van der Waals surface area (Å²) in [6, 6.07) is 3.61. The normalized spacial score (nSPS) is 17.7. The van der Waals surface area contributed by atoms with Gasteiger partial charge in [-0.25, -0.2) is 4.79 Å². The van der Waals surface area contributed by atoms with Crippen molar-refractivity contribution in [3.8, 4) is 0 Å². The molecule has 0 bridgehead atoms. The highest BCUT2D eigenvalue weighted by atomic mass is 35.5. The Morgan fingerprint density at radius 3 is 2.87 bits per heavy atom. The molecule has 1 heterocycles. The molecule has 0 unspecified atom stereocenters. The van der Waals surface area contributed by atoms with Gasteiger partial charge in [-0.1, -0.05) is 18.5 Å². The first-order chi connectivity index (χ1) is 10.9. The van der Waals surface area contributed by atoms with Crippen LogP contribution in [0.2, 0.25) is 5.02 Å². The predicted octanol–water partition coefficient (Wildman–Crippen LogP) is 2.66. The lowest BCUT2D eigenvalue weighted by atomic mass is 10.0. The molecule has 8 heteroatoms. The molecule has 1 aliphatic heterocycles. The van der Waals surface area contributed by atoms with E-state index in [-0.39, 0.29) is 16.5 Å². The van der Waals surface area contributed by atoms with Gasteiger partial charge >= 0.3 is 5.97 Å². The largest absolute Gasteiger partial charge is 0.452 e. The van der Waals surface area contributed by atoms with Crippen molar-refractivity contribution >= 4 is 29.2 Å². The first kappa shape index (κ1) is 17.2. The standard InChI is InChI=1S/C15H17ClN2O5/c1-10-3-2-6-17(8-10)14(19)9-23-15(20)12-7-11(16)4-5-13(12)18(21)22/h4-5,7,10H,2-3,6,8-9H2,1H3/t10-/m0/s1. The number of nitro benzene ring substituents is 1. The molecule has 0 aromatic heterocycles. The van der Waals surface area contributed by atoms with Crippen molar-refractivity contribution in [2.24, 2.45) is 5.92 Å². The maximum Gasteiger partial charge on any atom is 0.345 e. The van der Waals surface area contributed by atoms with E-state index in [4.69, 9.17) is 16.3 Å². The van der Waals surface area contributed by atoms with E-state index in [2.05, 4.69) is 6.92 Å². The lowest BCUT2D eigenvalue weighted by Gasteiger charge is -2.30. The third-order valence-corrected chi connectivity index (χ3v) is 3.95. The fraction of sp³-hybridized carbons (Fsp3) is 0.467. The lowest BCUT2D eigenvalue weighted by molar-refractivity contribution is -0.385.